The van der Waals surface area contributed by atoms with Gasteiger partial charge in [0.05, 0.1) is 11.1 Å². The molecule has 1 aliphatic rings. The summed E-state index contributed by atoms with van der Waals surface area (Å²) in [4.78, 5) is 2.48. The summed E-state index contributed by atoms with van der Waals surface area (Å²) in [5.74, 6) is 0.661. The summed E-state index contributed by atoms with van der Waals surface area (Å²) in [5.41, 5.74) is 1.80. The molecule has 21 heavy (non-hydrogen) atoms. The first-order valence-corrected chi connectivity index (χ1v) is 7.61. The van der Waals surface area contributed by atoms with Gasteiger partial charge in [-0.1, -0.05) is 6.92 Å². The maximum Gasteiger partial charge on any atom is 0.101 e. The standard InChI is InChI=1S/C17H22N4/c1-3-21-8-6-14(7-9-21)13(2)20-17-5-4-15(11-18)16(10-17)12-19/h4-5,10,13-14,20H,3,6-9H2,1-2H3. The smallest absolute Gasteiger partial charge is 0.101 e. The molecule has 1 saturated heterocycles. The Balaban J connectivity index is 1.99. The van der Waals surface area contributed by atoms with Crippen molar-refractivity contribution in [3.8, 4) is 12.1 Å². The van der Waals surface area contributed by atoms with E-state index in [2.05, 4.69) is 30.1 Å². The predicted molar refractivity (Wildman–Crippen MR) is 83.8 cm³/mol. The molecule has 0 saturated carbocycles. The second-order valence-electron chi connectivity index (χ2n) is 5.69. The first-order valence-electron chi connectivity index (χ1n) is 7.61. The van der Waals surface area contributed by atoms with Gasteiger partial charge in [0.2, 0.25) is 0 Å². The number of anilines is 1. The van der Waals surface area contributed by atoms with Gasteiger partial charge in [-0.15, -0.1) is 0 Å². The summed E-state index contributed by atoms with van der Waals surface area (Å²) in [6, 6.07) is 9.88. The van der Waals surface area contributed by atoms with Gasteiger partial charge >= 0.3 is 0 Å². The van der Waals surface area contributed by atoms with Gasteiger partial charge in [-0.25, -0.2) is 0 Å². The van der Waals surface area contributed by atoms with E-state index in [1.807, 2.05) is 12.1 Å². The lowest BCUT2D eigenvalue weighted by Crippen LogP contribution is -2.39. The van der Waals surface area contributed by atoms with Gasteiger partial charge in [-0.3, -0.25) is 0 Å². The van der Waals surface area contributed by atoms with Crippen LogP contribution in [0.1, 0.15) is 37.8 Å². The molecule has 0 aromatic heterocycles. The molecule has 1 aromatic carbocycles. The van der Waals surface area contributed by atoms with Crippen LogP contribution in [-0.2, 0) is 0 Å². The van der Waals surface area contributed by atoms with Crippen molar-refractivity contribution < 1.29 is 0 Å². The van der Waals surface area contributed by atoms with Gasteiger partial charge in [0.25, 0.3) is 0 Å². The van der Waals surface area contributed by atoms with E-state index >= 15 is 0 Å². The molecule has 4 heteroatoms. The zero-order valence-electron chi connectivity index (χ0n) is 12.8. The van der Waals surface area contributed by atoms with E-state index in [-0.39, 0.29) is 0 Å². The highest BCUT2D eigenvalue weighted by atomic mass is 15.1. The molecule has 1 N–H and O–H groups in total. The van der Waals surface area contributed by atoms with Gasteiger partial charge in [0.1, 0.15) is 12.1 Å². The molecule has 1 atom stereocenters. The number of nitrogens with one attached hydrogen (secondary N) is 1. The number of nitrogens with zero attached hydrogens (tertiary/aromatic N) is 3. The monoisotopic (exact) mass is 282 g/mol. The molecule has 1 aliphatic heterocycles. The van der Waals surface area contributed by atoms with Crippen molar-refractivity contribution >= 4 is 5.69 Å². The zero-order chi connectivity index (χ0) is 15.2. The molecular weight excluding hydrogens is 260 g/mol. The maximum atomic E-state index is 9.08. The third-order valence-electron chi connectivity index (χ3n) is 4.44. The SMILES string of the molecule is CCN1CCC(C(C)Nc2ccc(C#N)c(C#N)c2)CC1. The number of rotatable bonds is 4. The highest BCUT2D eigenvalue weighted by Crippen LogP contribution is 2.24. The lowest BCUT2D eigenvalue weighted by molar-refractivity contribution is 0.183. The van der Waals surface area contributed by atoms with Crippen LogP contribution in [-0.4, -0.2) is 30.6 Å². The molecule has 0 aliphatic carbocycles. The minimum absolute atomic E-state index is 0.378. The Hall–Kier alpha value is -2.04. The van der Waals surface area contributed by atoms with E-state index in [1.54, 1.807) is 12.1 Å². The van der Waals surface area contributed by atoms with Crippen LogP contribution in [0.2, 0.25) is 0 Å². The van der Waals surface area contributed by atoms with E-state index in [9.17, 15) is 0 Å². The van der Waals surface area contributed by atoms with E-state index in [0.717, 1.165) is 12.2 Å². The van der Waals surface area contributed by atoms with Crippen molar-refractivity contribution in [1.82, 2.24) is 4.90 Å². The third kappa shape index (κ3) is 3.74. The summed E-state index contributed by atoms with van der Waals surface area (Å²) in [6.45, 7) is 7.89. The van der Waals surface area contributed by atoms with Crippen molar-refractivity contribution in [1.29, 1.82) is 10.5 Å². The van der Waals surface area contributed by atoms with Crippen LogP contribution in [0.4, 0.5) is 5.69 Å². The molecule has 0 spiro atoms. The molecule has 110 valence electrons. The lowest BCUT2D eigenvalue weighted by Gasteiger charge is -2.34. The Morgan fingerprint density at radius 2 is 1.90 bits per heavy atom. The Kier molecular flexibility index (Phi) is 5.20. The number of hydrogen-bond donors (Lipinski definition) is 1. The molecule has 1 aromatic rings. The normalized spacial score (nSPS) is 17.7. The summed E-state index contributed by atoms with van der Waals surface area (Å²) >= 11 is 0. The van der Waals surface area contributed by atoms with Gasteiger partial charge < -0.3 is 10.2 Å². The van der Waals surface area contributed by atoms with Crippen LogP contribution < -0.4 is 5.32 Å². The summed E-state index contributed by atoms with van der Waals surface area (Å²) in [5, 5.41) is 21.5. The maximum absolute atomic E-state index is 9.08. The molecule has 0 bridgehead atoms. The molecule has 2 rings (SSSR count). The second kappa shape index (κ2) is 7.11. The van der Waals surface area contributed by atoms with Crippen LogP contribution in [0.5, 0.6) is 0 Å². The molecule has 1 fully saturated rings. The van der Waals surface area contributed by atoms with Gasteiger partial charge in [-0.2, -0.15) is 10.5 Å². The fraction of sp³-hybridized carbons (Fsp3) is 0.529. The Bertz CT molecular complexity index is 559. The average molecular weight is 282 g/mol. The first-order chi connectivity index (χ1) is 10.2. The fourth-order valence-electron chi connectivity index (χ4n) is 2.97. The highest BCUT2D eigenvalue weighted by molar-refractivity contribution is 5.56. The van der Waals surface area contributed by atoms with Crippen molar-refractivity contribution in [2.24, 2.45) is 5.92 Å². The molecule has 0 radical (unpaired) electrons. The summed E-state index contributed by atoms with van der Waals surface area (Å²) in [7, 11) is 0. The van der Waals surface area contributed by atoms with Crippen LogP contribution in [0.3, 0.4) is 0 Å². The van der Waals surface area contributed by atoms with Crippen LogP contribution in [0.15, 0.2) is 18.2 Å². The molecule has 1 unspecified atom stereocenters. The van der Waals surface area contributed by atoms with Crippen LogP contribution in [0.25, 0.3) is 0 Å². The number of hydrogen-bond acceptors (Lipinski definition) is 4. The predicted octanol–water partition coefficient (Wildman–Crippen LogP) is 2.96. The minimum Gasteiger partial charge on any atom is -0.382 e. The van der Waals surface area contributed by atoms with E-state index in [4.69, 9.17) is 10.5 Å². The van der Waals surface area contributed by atoms with E-state index in [0.29, 0.717) is 23.1 Å². The first kappa shape index (κ1) is 15.4. The topological polar surface area (TPSA) is 62.9 Å². The average Bonchev–Trinajstić information content (AvgIpc) is 2.54. The second-order valence-corrected chi connectivity index (χ2v) is 5.69. The number of nitriles is 2. The Morgan fingerprint density at radius 3 is 2.48 bits per heavy atom. The molecule has 4 nitrogen and oxygen atoms in total. The van der Waals surface area contributed by atoms with E-state index < -0.39 is 0 Å². The summed E-state index contributed by atoms with van der Waals surface area (Å²) in [6.07, 6.45) is 2.42. The number of benzene rings is 1. The summed E-state index contributed by atoms with van der Waals surface area (Å²) < 4.78 is 0. The zero-order valence-corrected chi connectivity index (χ0v) is 12.8. The van der Waals surface area contributed by atoms with Crippen LogP contribution >= 0.6 is 0 Å². The quantitative estimate of drug-likeness (QED) is 0.922. The molecular formula is C17H22N4. The highest BCUT2D eigenvalue weighted by Gasteiger charge is 2.23. The Morgan fingerprint density at radius 1 is 1.24 bits per heavy atom. The molecule has 0 amide bonds. The van der Waals surface area contributed by atoms with Gasteiger partial charge in [0.15, 0.2) is 0 Å². The van der Waals surface area contributed by atoms with Gasteiger partial charge in [0, 0.05) is 11.7 Å². The van der Waals surface area contributed by atoms with E-state index in [1.165, 1.54) is 25.9 Å². The van der Waals surface area contributed by atoms with Crippen molar-refractivity contribution in [2.45, 2.75) is 32.7 Å². The van der Waals surface area contributed by atoms with Crippen LogP contribution in [0, 0.1) is 28.6 Å². The fourth-order valence-corrected chi connectivity index (χ4v) is 2.97. The van der Waals surface area contributed by atoms with Gasteiger partial charge in [-0.05, 0) is 63.5 Å². The van der Waals surface area contributed by atoms with Crippen molar-refractivity contribution in [2.75, 3.05) is 25.0 Å². The minimum atomic E-state index is 0.378. The lowest BCUT2D eigenvalue weighted by atomic mass is 9.90. The largest absolute Gasteiger partial charge is 0.382 e. The van der Waals surface area contributed by atoms with Crippen molar-refractivity contribution in [3.63, 3.8) is 0 Å². The van der Waals surface area contributed by atoms with Crippen molar-refractivity contribution in [3.05, 3.63) is 29.3 Å². The third-order valence-corrected chi connectivity index (χ3v) is 4.44. The number of piperidine rings is 1. The Labute approximate surface area is 127 Å². The molecule has 1 heterocycles. The number of likely N-dealkylation sites (tertiary alicyclic amines) is 1.